The second-order valence-electron chi connectivity index (χ2n) is 5.58. The first kappa shape index (κ1) is 17.5. The van der Waals surface area contributed by atoms with Crippen LogP contribution in [0.25, 0.3) is 0 Å². The largest absolute Gasteiger partial charge is 0.465 e. The smallest absolute Gasteiger partial charge is 0.407 e. The zero-order valence-electron chi connectivity index (χ0n) is 12.9. The Kier molecular flexibility index (Phi) is 5.30. The number of thiazole rings is 1. The summed E-state index contributed by atoms with van der Waals surface area (Å²) < 4.78 is 6.17. The molecule has 1 N–H and O–H groups in total. The van der Waals surface area contributed by atoms with Gasteiger partial charge in [0.15, 0.2) is 0 Å². The molecule has 2 heterocycles. The molecule has 0 spiro atoms. The maximum atomic E-state index is 11.7. The van der Waals surface area contributed by atoms with Gasteiger partial charge in [-0.05, 0) is 31.0 Å². The van der Waals surface area contributed by atoms with Crippen LogP contribution in [-0.2, 0) is 4.74 Å². The molecular weight excluding hydrogens is 371 g/mol. The highest BCUT2D eigenvalue weighted by molar-refractivity contribution is 7.09. The third-order valence-electron chi connectivity index (χ3n) is 4.06. The normalized spacial score (nSPS) is 24.6. The molecule has 3 rings (SSSR count). The number of rotatable bonds is 2. The Bertz CT molecular complexity index is 726. The van der Waals surface area contributed by atoms with Gasteiger partial charge in [-0.2, -0.15) is 0 Å². The standard InChI is InChI=1S/C16H16Cl2N2O3S/c1-9-14(15-19-5-7-24-15)20(16(21)22)6-4-13(23-9)10-2-3-11(17)12(18)8-10/h2-3,5,7-9,13-14H,4,6H2,1H3,(H,21,22). The Morgan fingerprint density at radius 2 is 2.21 bits per heavy atom. The molecule has 0 bridgehead atoms. The summed E-state index contributed by atoms with van der Waals surface area (Å²) in [6.45, 7) is 2.23. The van der Waals surface area contributed by atoms with Crippen molar-refractivity contribution < 1.29 is 14.6 Å². The topological polar surface area (TPSA) is 62.7 Å². The Balaban J connectivity index is 1.90. The van der Waals surface area contributed by atoms with Crippen LogP contribution in [0.3, 0.4) is 0 Å². The second kappa shape index (κ2) is 7.27. The predicted octanol–water partition coefficient (Wildman–Crippen LogP) is 5.02. The van der Waals surface area contributed by atoms with E-state index in [1.807, 2.05) is 18.4 Å². The molecule has 0 radical (unpaired) electrons. The van der Waals surface area contributed by atoms with Crippen molar-refractivity contribution in [3.63, 3.8) is 0 Å². The minimum atomic E-state index is -0.972. The first-order chi connectivity index (χ1) is 11.5. The summed E-state index contributed by atoms with van der Waals surface area (Å²) in [5.74, 6) is 0. The Labute approximate surface area is 153 Å². The van der Waals surface area contributed by atoms with Gasteiger partial charge in [-0.15, -0.1) is 11.3 Å². The molecule has 1 saturated heterocycles. The number of nitrogens with zero attached hydrogens (tertiary/aromatic N) is 2. The lowest BCUT2D eigenvalue weighted by atomic mass is 10.1. The quantitative estimate of drug-likeness (QED) is 0.786. The van der Waals surface area contributed by atoms with Crippen LogP contribution in [0.1, 0.15) is 36.1 Å². The van der Waals surface area contributed by atoms with E-state index in [1.54, 1.807) is 18.3 Å². The average Bonchev–Trinajstić information content (AvgIpc) is 3.00. The summed E-state index contributed by atoms with van der Waals surface area (Å²) in [5.41, 5.74) is 0.890. The van der Waals surface area contributed by atoms with Gasteiger partial charge < -0.3 is 9.84 Å². The van der Waals surface area contributed by atoms with Gasteiger partial charge in [-0.25, -0.2) is 9.78 Å². The zero-order chi connectivity index (χ0) is 17.3. The van der Waals surface area contributed by atoms with Gasteiger partial charge in [0.1, 0.15) is 11.0 Å². The first-order valence-corrected chi connectivity index (χ1v) is 9.10. The van der Waals surface area contributed by atoms with Crippen molar-refractivity contribution in [2.24, 2.45) is 0 Å². The van der Waals surface area contributed by atoms with Gasteiger partial charge in [-0.1, -0.05) is 29.3 Å². The van der Waals surface area contributed by atoms with E-state index in [2.05, 4.69) is 4.98 Å². The summed E-state index contributed by atoms with van der Waals surface area (Å²) in [5, 5.41) is 13.1. The van der Waals surface area contributed by atoms with E-state index < -0.39 is 12.1 Å². The third kappa shape index (κ3) is 3.52. The van der Waals surface area contributed by atoms with Crippen molar-refractivity contribution in [2.75, 3.05) is 6.54 Å². The van der Waals surface area contributed by atoms with E-state index in [4.69, 9.17) is 27.9 Å². The molecule has 1 aliphatic rings. The molecule has 0 saturated carbocycles. The minimum Gasteiger partial charge on any atom is -0.465 e. The van der Waals surface area contributed by atoms with E-state index in [-0.39, 0.29) is 12.2 Å². The molecular formula is C16H16Cl2N2O3S. The fraction of sp³-hybridized carbons (Fsp3) is 0.375. The average molecular weight is 387 g/mol. The highest BCUT2D eigenvalue weighted by Gasteiger charge is 2.37. The fourth-order valence-corrected chi connectivity index (χ4v) is 4.09. The number of carbonyl (C=O) groups is 1. The number of hydrogen-bond acceptors (Lipinski definition) is 4. The lowest BCUT2D eigenvalue weighted by molar-refractivity contribution is -0.0214. The molecule has 24 heavy (non-hydrogen) atoms. The van der Waals surface area contributed by atoms with Crippen LogP contribution >= 0.6 is 34.5 Å². The number of aromatic nitrogens is 1. The molecule has 128 valence electrons. The lowest BCUT2D eigenvalue weighted by Gasteiger charge is -2.29. The number of halogens is 2. The van der Waals surface area contributed by atoms with Crippen molar-refractivity contribution in [2.45, 2.75) is 31.6 Å². The molecule has 1 amide bonds. The predicted molar refractivity (Wildman–Crippen MR) is 94.0 cm³/mol. The van der Waals surface area contributed by atoms with Crippen LogP contribution in [0.15, 0.2) is 29.8 Å². The minimum absolute atomic E-state index is 0.249. The number of hydrogen-bond donors (Lipinski definition) is 1. The van der Waals surface area contributed by atoms with E-state index in [0.29, 0.717) is 23.0 Å². The van der Waals surface area contributed by atoms with Gasteiger partial charge in [0, 0.05) is 18.1 Å². The molecule has 3 atom stereocenters. The number of benzene rings is 1. The summed E-state index contributed by atoms with van der Waals surface area (Å²) >= 11 is 13.5. The van der Waals surface area contributed by atoms with Crippen molar-refractivity contribution in [3.05, 3.63) is 50.4 Å². The van der Waals surface area contributed by atoms with Crippen molar-refractivity contribution in [3.8, 4) is 0 Å². The summed E-state index contributed by atoms with van der Waals surface area (Å²) in [6.07, 6.45) is 0.654. The van der Waals surface area contributed by atoms with Crippen LogP contribution in [0, 0.1) is 0 Å². The Morgan fingerprint density at radius 1 is 1.42 bits per heavy atom. The monoisotopic (exact) mass is 386 g/mol. The van der Waals surface area contributed by atoms with Gasteiger partial charge in [-0.3, -0.25) is 4.90 Å². The van der Waals surface area contributed by atoms with Crippen LogP contribution < -0.4 is 0 Å². The third-order valence-corrected chi connectivity index (χ3v) is 5.64. The highest BCUT2D eigenvalue weighted by atomic mass is 35.5. The molecule has 8 heteroatoms. The molecule has 1 aromatic heterocycles. The second-order valence-corrected chi connectivity index (χ2v) is 7.32. The molecule has 1 aromatic carbocycles. The van der Waals surface area contributed by atoms with Crippen molar-refractivity contribution in [1.82, 2.24) is 9.88 Å². The van der Waals surface area contributed by atoms with Crippen molar-refractivity contribution in [1.29, 1.82) is 0 Å². The van der Waals surface area contributed by atoms with Gasteiger partial charge in [0.25, 0.3) is 0 Å². The molecule has 5 nitrogen and oxygen atoms in total. The van der Waals surface area contributed by atoms with E-state index in [0.717, 1.165) is 10.6 Å². The molecule has 1 aliphatic heterocycles. The van der Waals surface area contributed by atoms with Crippen LogP contribution in [0.5, 0.6) is 0 Å². The van der Waals surface area contributed by atoms with E-state index in [1.165, 1.54) is 16.2 Å². The number of amides is 1. The number of ether oxygens (including phenoxy) is 1. The summed E-state index contributed by atoms with van der Waals surface area (Å²) in [7, 11) is 0. The molecule has 0 aliphatic carbocycles. The zero-order valence-corrected chi connectivity index (χ0v) is 15.2. The van der Waals surface area contributed by atoms with Crippen LogP contribution in [0.2, 0.25) is 10.0 Å². The molecule has 3 unspecified atom stereocenters. The van der Waals surface area contributed by atoms with Crippen LogP contribution in [-0.4, -0.2) is 33.7 Å². The fourth-order valence-electron chi connectivity index (χ4n) is 2.94. The SMILES string of the molecule is CC1OC(c2ccc(Cl)c(Cl)c2)CCN(C(=O)O)C1c1nccs1. The Morgan fingerprint density at radius 3 is 2.83 bits per heavy atom. The summed E-state index contributed by atoms with van der Waals surface area (Å²) in [6, 6.07) is 4.94. The van der Waals surface area contributed by atoms with Crippen molar-refractivity contribution >= 4 is 40.6 Å². The lowest BCUT2D eigenvalue weighted by Crippen LogP contribution is -2.38. The van der Waals surface area contributed by atoms with Gasteiger partial charge >= 0.3 is 6.09 Å². The van der Waals surface area contributed by atoms with Gasteiger partial charge in [0.2, 0.25) is 0 Å². The number of carboxylic acid groups (broad SMARTS) is 1. The molecule has 2 aromatic rings. The maximum absolute atomic E-state index is 11.7. The maximum Gasteiger partial charge on any atom is 0.407 e. The first-order valence-electron chi connectivity index (χ1n) is 7.46. The Hall–Kier alpha value is -1.34. The van der Waals surface area contributed by atoms with Gasteiger partial charge in [0.05, 0.1) is 22.3 Å². The van der Waals surface area contributed by atoms with Crippen LogP contribution in [0.4, 0.5) is 4.79 Å². The summed E-state index contributed by atoms with van der Waals surface area (Å²) in [4.78, 5) is 17.4. The molecule has 1 fully saturated rings. The van der Waals surface area contributed by atoms with E-state index in [9.17, 15) is 9.90 Å². The van der Waals surface area contributed by atoms with E-state index >= 15 is 0 Å². The highest BCUT2D eigenvalue weighted by Crippen LogP contribution is 2.37.